The quantitative estimate of drug-likeness (QED) is 0.791. The molecule has 0 radical (unpaired) electrons. The second-order valence-electron chi connectivity index (χ2n) is 6.52. The van der Waals surface area contributed by atoms with Crippen molar-refractivity contribution in [1.29, 1.82) is 0 Å². The fraction of sp³-hybridized carbons (Fsp3) is 0.286. The molecule has 2 aliphatic heterocycles. The van der Waals surface area contributed by atoms with Gasteiger partial charge in [0.2, 0.25) is 0 Å². The van der Waals surface area contributed by atoms with Crippen molar-refractivity contribution >= 4 is 28.5 Å². The normalized spacial score (nSPS) is 17.9. The van der Waals surface area contributed by atoms with Crippen LogP contribution in [0.1, 0.15) is 31.5 Å². The van der Waals surface area contributed by atoms with Crippen molar-refractivity contribution in [1.82, 2.24) is 10.3 Å². The Labute approximate surface area is 168 Å². The van der Waals surface area contributed by atoms with Crippen molar-refractivity contribution in [3.63, 3.8) is 0 Å². The SMILES string of the molecule is CCCCOc1ccccc1[C@H]1N=c2ccccc2=C2C(=O)NC(SC)=NN21. The number of hydrogen-bond acceptors (Lipinski definition) is 6. The number of hydrazone groups is 1. The van der Waals surface area contributed by atoms with Crippen LogP contribution < -0.4 is 20.6 Å². The second kappa shape index (κ2) is 8.06. The lowest BCUT2D eigenvalue weighted by Gasteiger charge is -2.34. The zero-order chi connectivity index (χ0) is 19.5. The van der Waals surface area contributed by atoms with Crippen LogP contribution in [0.25, 0.3) is 5.70 Å². The summed E-state index contributed by atoms with van der Waals surface area (Å²) in [6.07, 6.45) is 3.47. The molecule has 0 aromatic heterocycles. The van der Waals surface area contributed by atoms with Crippen molar-refractivity contribution in [2.45, 2.75) is 25.9 Å². The molecule has 28 heavy (non-hydrogen) atoms. The number of thioether (sulfide) groups is 1. The van der Waals surface area contributed by atoms with Gasteiger partial charge in [-0.2, -0.15) is 0 Å². The summed E-state index contributed by atoms with van der Waals surface area (Å²) in [5.74, 6) is 0.603. The molecule has 0 saturated heterocycles. The zero-order valence-electron chi connectivity index (χ0n) is 15.9. The number of rotatable bonds is 5. The molecule has 1 N–H and O–H groups in total. The van der Waals surface area contributed by atoms with Crippen molar-refractivity contribution in [2.75, 3.05) is 12.9 Å². The first-order valence-electron chi connectivity index (χ1n) is 9.35. The third-order valence-corrected chi connectivity index (χ3v) is 5.23. The predicted octanol–water partition coefficient (Wildman–Crippen LogP) is 2.37. The molecule has 0 bridgehead atoms. The highest BCUT2D eigenvalue weighted by molar-refractivity contribution is 8.13. The van der Waals surface area contributed by atoms with E-state index in [4.69, 9.17) is 9.73 Å². The number of carbonyl (C=O) groups is 1. The summed E-state index contributed by atoms with van der Waals surface area (Å²) in [7, 11) is 0. The number of benzene rings is 2. The van der Waals surface area contributed by atoms with Gasteiger partial charge in [0.25, 0.3) is 5.91 Å². The van der Waals surface area contributed by atoms with Crippen LogP contribution in [0.5, 0.6) is 5.75 Å². The molecule has 0 saturated carbocycles. The molecule has 1 atom stereocenters. The molecule has 0 aliphatic carbocycles. The summed E-state index contributed by atoms with van der Waals surface area (Å²) in [6, 6.07) is 15.5. The van der Waals surface area contributed by atoms with Crippen LogP contribution in [0.3, 0.4) is 0 Å². The van der Waals surface area contributed by atoms with E-state index in [0.717, 1.165) is 34.7 Å². The van der Waals surface area contributed by atoms with E-state index in [2.05, 4.69) is 17.3 Å². The highest BCUT2D eigenvalue weighted by Gasteiger charge is 2.35. The van der Waals surface area contributed by atoms with Crippen molar-refractivity contribution < 1.29 is 9.53 Å². The maximum Gasteiger partial charge on any atom is 0.276 e. The molecule has 2 aromatic rings. The Hall–Kier alpha value is -2.80. The van der Waals surface area contributed by atoms with E-state index in [-0.39, 0.29) is 5.91 Å². The van der Waals surface area contributed by atoms with Gasteiger partial charge in [-0.05, 0) is 24.8 Å². The van der Waals surface area contributed by atoms with E-state index in [1.54, 1.807) is 5.01 Å². The highest BCUT2D eigenvalue weighted by atomic mass is 32.2. The Bertz CT molecular complexity index is 1050. The number of carbonyl (C=O) groups excluding carboxylic acids is 1. The fourth-order valence-corrected chi connectivity index (χ4v) is 3.64. The number of nitrogens with zero attached hydrogens (tertiary/aromatic N) is 3. The number of para-hydroxylation sites is 2. The van der Waals surface area contributed by atoms with Crippen LogP contribution in [0.15, 0.2) is 58.6 Å². The van der Waals surface area contributed by atoms with E-state index in [1.807, 2.05) is 54.8 Å². The maximum atomic E-state index is 12.9. The van der Waals surface area contributed by atoms with E-state index >= 15 is 0 Å². The largest absolute Gasteiger partial charge is 0.493 e. The average Bonchev–Trinajstić information content (AvgIpc) is 2.73. The van der Waals surface area contributed by atoms with Crippen LogP contribution >= 0.6 is 11.8 Å². The fourth-order valence-electron chi connectivity index (χ4n) is 3.27. The third-order valence-electron chi connectivity index (χ3n) is 4.66. The van der Waals surface area contributed by atoms with E-state index in [9.17, 15) is 4.79 Å². The van der Waals surface area contributed by atoms with E-state index in [1.165, 1.54) is 11.8 Å². The minimum absolute atomic E-state index is 0.170. The topological polar surface area (TPSA) is 66.3 Å². The Balaban J connectivity index is 1.87. The lowest BCUT2D eigenvalue weighted by molar-refractivity contribution is -0.116. The lowest BCUT2D eigenvalue weighted by atomic mass is 10.1. The Morgan fingerprint density at radius 1 is 1.18 bits per heavy atom. The first kappa shape index (κ1) is 18.6. The molecule has 2 aromatic carbocycles. The first-order valence-corrected chi connectivity index (χ1v) is 10.6. The van der Waals surface area contributed by atoms with Crippen LogP contribution in [-0.2, 0) is 4.79 Å². The number of unbranched alkanes of at least 4 members (excludes halogenated alkanes) is 1. The van der Waals surface area contributed by atoms with Gasteiger partial charge in [-0.3, -0.25) is 15.1 Å². The molecular formula is C21H22N4O2S. The monoisotopic (exact) mass is 394 g/mol. The standard InChI is InChI=1S/C21H22N4O2S/c1-3-4-13-27-17-12-8-6-10-15(17)19-22-16-11-7-5-9-14(16)18-20(26)23-21(28-2)24-25(18)19/h5-12,19H,3-4,13H2,1-2H3,(H,23,24,26)/t19-/m0/s1. The molecule has 1 amide bonds. The van der Waals surface area contributed by atoms with Gasteiger partial charge >= 0.3 is 0 Å². The second-order valence-corrected chi connectivity index (χ2v) is 7.31. The van der Waals surface area contributed by atoms with Crippen molar-refractivity contribution in [2.24, 2.45) is 10.1 Å². The average molecular weight is 395 g/mol. The van der Waals surface area contributed by atoms with Crippen LogP contribution in [0.2, 0.25) is 0 Å². The van der Waals surface area contributed by atoms with Gasteiger partial charge in [0.15, 0.2) is 11.3 Å². The summed E-state index contributed by atoms with van der Waals surface area (Å²) >= 11 is 1.39. The van der Waals surface area contributed by atoms with Crippen molar-refractivity contribution in [3.8, 4) is 5.75 Å². The summed E-state index contributed by atoms with van der Waals surface area (Å²) in [4.78, 5) is 17.8. The van der Waals surface area contributed by atoms with Crippen molar-refractivity contribution in [3.05, 3.63) is 64.7 Å². The molecule has 2 aliphatic rings. The maximum absolute atomic E-state index is 12.9. The number of hydrogen-bond donors (Lipinski definition) is 1. The zero-order valence-corrected chi connectivity index (χ0v) is 16.7. The van der Waals surface area contributed by atoms with Crippen LogP contribution in [0.4, 0.5) is 0 Å². The summed E-state index contributed by atoms with van der Waals surface area (Å²) < 4.78 is 6.03. The molecule has 0 spiro atoms. The van der Waals surface area contributed by atoms with Gasteiger partial charge in [0, 0.05) is 10.8 Å². The molecular weight excluding hydrogens is 372 g/mol. The Morgan fingerprint density at radius 3 is 2.79 bits per heavy atom. The summed E-state index contributed by atoms with van der Waals surface area (Å²) in [5, 5.41) is 11.3. The Morgan fingerprint density at radius 2 is 1.96 bits per heavy atom. The lowest BCUT2D eigenvalue weighted by Crippen LogP contribution is -2.50. The number of fused-ring (bicyclic) bond motifs is 2. The molecule has 4 rings (SSSR count). The number of amides is 1. The minimum Gasteiger partial charge on any atom is -0.493 e. The number of nitrogens with one attached hydrogen (secondary N) is 1. The van der Waals surface area contributed by atoms with Gasteiger partial charge in [-0.1, -0.05) is 61.5 Å². The predicted molar refractivity (Wildman–Crippen MR) is 111 cm³/mol. The third kappa shape index (κ3) is 3.38. The van der Waals surface area contributed by atoms with E-state index in [0.29, 0.717) is 17.5 Å². The van der Waals surface area contributed by atoms with Gasteiger partial charge in [-0.25, -0.2) is 5.01 Å². The number of amidine groups is 1. The van der Waals surface area contributed by atoms with Gasteiger partial charge in [0.1, 0.15) is 11.4 Å². The van der Waals surface area contributed by atoms with Crippen LogP contribution in [0, 0.1) is 0 Å². The van der Waals surface area contributed by atoms with Gasteiger partial charge in [0.05, 0.1) is 12.0 Å². The molecule has 2 heterocycles. The van der Waals surface area contributed by atoms with E-state index < -0.39 is 6.17 Å². The van der Waals surface area contributed by atoms with Gasteiger partial charge in [-0.15, -0.1) is 5.10 Å². The molecule has 144 valence electrons. The Kier molecular flexibility index (Phi) is 5.34. The van der Waals surface area contributed by atoms with Crippen LogP contribution in [-0.4, -0.2) is 28.9 Å². The minimum atomic E-state index is -0.462. The smallest absolute Gasteiger partial charge is 0.276 e. The van der Waals surface area contributed by atoms with Gasteiger partial charge < -0.3 is 4.74 Å². The first-order chi connectivity index (χ1) is 13.7. The molecule has 7 heteroatoms. The molecule has 6 nitrogen and oxygen atoms in total. The summed E-state index contributed by atoms with van der Waals surface area (Å²) in [6.45, 7) is 2.78. The highest BCUT2D eigenvalue weighted by Crippen LogP contribution is 2.35. The summed E-state index contributed by atoms with van der Waals surface area (Å²) in [5.41, 5.74) is 1.40. The molecule has 0 fully saturated rings. The number of ether oxygens (including phenoxy) is 1. The molecule has 0 unspecified atom stereocenters.